The predicted octanol–water partition coefficient (Wildman–Crippen LogP) is 2.79. The standard InChI is InChI=1S/C17H20N2O2/c1-11-4-5-14-8-15(6-7-16(14)18-11)17(20)19-9-12(2)21-13(3)10-19/h4-8,12-13H,9-10H2,1-3H3. The molecule has 2 heterocycles. The third kappa shape index (κ3) is 2.90. The number of pyridine rings is 1. The van der Waals surface area contributed by atoms with E-state index < -0.39 is 0 Å². The first-order chi connectivity index (χ1) is 10.0. The summed E-state index contributed by atoms with van der Waals surface area (Å²) in [6.45, 7) is 7.27. The summed E-state index contributed by atoms with van der Waals surface area (Å²) >= 11 is 0. The Morgan fingerprint density at radius 3 is 2.62 bits per heavy atom. The lowest BCUT2D eigenvalue weighted by Gasteiger charge is -2.35. The van der Waals surface area contributed by atoms with Crippen LogP contribution in [-0.4, -0.2) is 41.1 Å². The van der Waals surface area contributed by atoms with Crippen LogP contribution in [0.2, 0.25) is 0 Å². The molecule has 1 amide bonds. The van der Waals surface area contributed by atoms with Gasteiger partial charge in [0.2, 0.25) is 0 Å². The second-order valence-electron chi connectivity index (χ2n) is 5.83. The van der Waals surface area contributed by atoms with Crippen LogP contribution in [0.15, 0.2) is 30.3 Å². The first-order valence-electron chi connectivity index (χ1n) is 7.35. The van der Waals surface area contributed by atoms with E-state index in [1.165, 1.54) is 0 Å². The number of morpholine rings is 1. The average molecular weight is 284 g/mol. The van der Waals surface area contributed by atoms with Gasteiger partial charge in [-0.2, -0.15) is 0 Å². The normalized spacial score (nSPS) is 22.5. The Hall–Kier alpha value is -1.94. The third-order valence-electron chi connectivity index (χ3n) is 3.78. The molecular formula is C17H20N2O2. The molecule has 21 heavy (non-hydrogen) atoms. The minimum Gasteiger partial charge on any atom is -0.372 e. The van der Waals surface area contributed by atoms with Gasteiger partial charge in [-0.15, -0.1) is 0 Å². The second-order valence-corrected chi connectivity index (χ2v) is 5.83. The molecular weight excluding hydrogens is 264 g/mol. The van der Waals surface area contributed by atoms with Crippen LogP contribution < -0.4 is 0 Å². The largest absolute Gasteiger partial charge is 0.372 e. The lowest BCUT2D eigenvalue weighted by Crippen LogP contribution is -2.48. The fraction of sp³-hybridized carbons (Fsp3) is 0.412. The van der Waals surface area contributed by atoms with E-state index in [0.717, 1.165) is 22.2 Å². The van der Waals surface area contributed by atoms with Gasteiger partial charge in [-0.25, -0.2) is 0 Å². The molecule has 0 radical (unpaired) electrons. The van der Waals surface area contributed by atoms with Crippen LogP contribution in [0, 0.1) is 6.92 Å². The topological polar surface area (TPSA) is 42.4 Å². The quantitative estimate of drug-likeness (QED) is 0.808. The van der Waals surface area contributed by atoms with Crippen molar-refractivity contribution in [1.29, 1.82) is 0 Å². The van der Waals surface area contributed by atoms with Gasteiger partial charge in [0, 0.05) is 29.7 Å². The first-order valence-corrected chi connectivity index (χ1v) is 7.35. The molecule has 2 atom stereocenters. The van der Waals surface area contributed by atoms with Crippen molar-refractivity contribution in [3.63, 3.8) is 0 Å². The van der Waals surface area contributed by atoms with Gasteiger partial charge >= 0.3 is 0 Å². The summed E-state index contributed by atoms with van der Waals surface area (Å²) in [7, 11) is 0. The third-order valence-corrected chi connectivity index (χ3v) is 3.78. The van der Waals surface area contributed by atoms with Gasteiger partial charge in [-0.05, 0) is 45.0 Å². The van der Waals surface area contributed by atoms with Crippen LogP contribution in [0.25, 0.3) is 10.9 Å². The monoisotopic (exact) mass is 284 g/mol. The number of ether oxygens (including phenoxy) is 1. The van der Waals surface area contributed by atoms with Crippen LogP contribution in [0.3, 0.4) is 0 Å². The van der Waals surface area contributed by atoms with E-state index in [4.69, 9.17) is 4.74 Å². The molecule has 1 aromatic carbocycles. The van der Waals surface area contributed by atoms with E-state index in [1.807, 2.05) is 56.0 Å². The molecule has 0 bridgehead atoms. The van der Waals surface area contributed by atoms with Gasteiger partial charge in [0.05, 0.1) is 17.7 Å². The van der Waals surface area contributed by atoms with Gasteiger partial charge in [-0.1, -0.05) is 6.07 Å². The van der Waals surface area contributed by atoms with Crippen molar-refractivity contribution in [3.05, 3.63) is 41.6 Å². The number of nitrogens with zero attached hydrogens (tertiary/aromatic N) is 2. The lowest BCUT2D eigenvalue weighted by atomic mass is 10.1. The molecule has 4 nitrogen and oxygen atoms in total. The number of hydrogen-bond donors (Lipinski definition) is 0. The minimum absolute atomic E-state index is 0.0690. The predicted molar refractivity (Wildman–Crippen MR) is 82.4 cm³/mol. The summed E-state index contributed by atoms with van der Waals surface area (Å²) in [5.41, 5.74) is 2.63. The van der Waals surface area contributed by atoms with Gasteiger partial charge < -0.3 is 9.64 Å². The molecule has 4 heteroatoms. The van der Waals surface area contributed by atoms with Crippen molar-refractivity contribution in [2.75, 3.05) is 13.1 Å². The number of benzene rings is 1. The molecule has 0 N–H and O–H groups in total. The first kappa shape index (κ1) is 14.0. The van der Waals surface area contributed by atoms with Crippen molar-refractivity contribution in [2.45, 2.75) is 33.0 Å². The Balaban J connectivity index is 1.89. The van der Waals surface area contributed by atoms with Gasteiger partial charge in [0.1, 0.15) is 0 Å². The number of aryl methyl sites for hydroxylation is 1. The van der Waals surface area contributed by atoms with E-state index in [1.54, 1.807) is 0 Å². The molecule has 110 valence electrons. The maximum atomic E-state index is 12.7. The van der Waals surface area contributed by atoms with Crippen LogP contribution in [0.4, 0.5) is 0 Å². The average Bonchev–Trinajstić information content (AvgIpc) is 2.45. The number of aromatic nitrogens is 1. The van der Waals surface area contributed by atoms with E-state index in [2.05, 4.69) is 4.98 Å². The van der Waals surface area contributed by atoms with Gasteiger partial charge in [-0.3, -0.25) is 9.78 Å². The molecule has 0 spiro atoms. The summed E-state index contributed by atoms with van der Waals surface area (Å²) in [4.78, 5) is 19.0. The highest BCUT2D eigenvalue weighted by Gasteiger charge is 2.26. The second kappa shape index (κ2) is 5.45. The molecule has 1 aliphatic heterocycles. The van der Waals surface area contributed by atoms with E-state index in [9.17, 15) is 4.79 Å². The zero-order valence-electron chi connectivity index (χ0n) is 12.7. The molecule has 1 fully saturated rings. The fourth-order valence-corrected chi connectivity index (χ4v) is 2.89. The maximum absolute atomic E-state index is 12.7. The zero-order chi connectivity index (χ0) is 15.0. The Labute approximate surface area is 124 Å². The molecule has 1 aliphatic rings. The van der Waals surface area contributed by atoms with Crippen molar-refractivity contribution in [1.82, 2.24) is 9.88 Å². The molecule has 0 aliphatic carbocycles. The van der Waals surface area contributed by atoms with Crippen molar-refractivity contribution in [3.8, 4) is 0 Å². The molecule has 0 saturated carbocycles. The van der Waals surface area contributed by atoms with Crippen LogP contribution in [-0.2, 0) is 4.74 Å². The Kier molecular flexibility index (Phi) is 3.64. The number of rotatable bonds is 1. The molecule has 2 aromatic rings. The smallest absolute Gasteiger partial charge is 0.254 e. The Bertz CT molecular complexity index is 674. The zero-order valence-corrected chi connectivity index (χ0v) is 12.7. The summed E-state index contributed by atoms with van der Waals surface area (Å²) in [5, 5.41) is 1.00. The highest BCUT2D eigenvalue weighted by Crippen LogP contribution is 2.18. The molecule has 1 saturated heterocycles. The highest BCUT2D eigenvalue weighted by molar-refractivity contribution is 5.98. The van der Waals surface area contributed by atoms with E-state index in [0.29, 0.717) is 13.1 Å². The number of hydrogen-bond acceptors (Lipinski definition) is 3. The minimum atomic E-state index is 0.0690. The molecule has 3 rings (SSSR count). The Morgan fingerprint density at radius 2 is 1.90 bits per heavy atom. The summed E-state index contributed by atoms with van der Waals surface area (Å²) in [6, 6.07) is 9.69. The lowest BCUT2D eigenvalue weighted by molar-refractivity contribution is -0.0586. The number of carbonyl (C=O) groups excluding carboxylic acids is 1. The van der Waals surface area contributed by atoms with E-state index in [-0.39, 0.29) is 18.1 Å². The van der Waals surface area contributed by atoms with Crippen LogP contribution in [0.1, 0.15) is 29.9 Å². The van der Waals surface area contributed by atoms with Gasteiger partial charge in [0.15, 0.2) is 0 Å². The Morgan fingerprint density at radius 1 is 1.19 bits per heavy atom. The molecule has 2 unspecified atom stereocenters. The number of fused-ring (bicyclic) bond motifs is 1. The van der Waals surface area contributed by atoms with E-state index >= 15 is 0 Å². The SMILES string of the molecule is Cc1ccc2cc(C(=O)N3CC(C)OC(C)C3)ccc2n1. The summed E-state index contributed by atoms with van der Waals surface area (Å²) < 4.78 is 5.68. The molecule has 1 aromatic heterocycles. The maximum Gasteiger partial charge on any atom is 0.254 e. The summed E-state index contributed by atoms with van der Waals surface area (Å²) in [6.07, 6.45) is 0.171. The van der Waals surface area contributed by atoms with Crippen molar-refractivity contribution < 1.29 is 9.53 Å². The van der Waals surface area contributed by atoms with Crippen molar-refractivity contribution in [2.24, 2.45) is 0 Å². The van der Waals surface area contributed by atoms with Crippen LogP contribution >= 0.6 is 0 Å². The fourth-order valence-electron chi connectivity index (χ4n) is 2.89. The number of carbonyl (C=O) groups is 1. The number of amides is 1. The highest BCUT2D eigenvalue weighted by atomic mass is 16.5. The summed E-state index contributed by atoms with van der Waals surface area (Å²) in [5.74, 6) is 0.0690. The van der Waals surface area contributed by atoms with Gasteiger partial charge in [0.25, 0.3) is 5.91 Å². The van der Waals surface area contributed by atoms with Crippen molar-refractivity contribution >= 4 is 16.8 Å². The van der Waals surface area contributed by atoms with Crippen LogP contribution in [0.5, 0.6) is 0 Å².